The molecule has 2 rings (SSSR count). The number of aromatic nitrogens is 2. The van der Waals surface area contributed by atoms with Crippen LogP contribution in [0, 0.1) is 3.57 Å². The second-order valence-corrected chi connectivity index (χ2v) is 4.75. The van der Waals surface area contributed by atoms with Gasteiger partial charge in [-0.1, -0.05) is 6.07 Å². The van der Waals surface area contributed by atoms with Crippen molar-refractivity contribution >= 4 is 28.5 Å². The van der Waals surface area contributed by atoms with Crippen molar-refractivity contribution in [1.82, 2.24) is 9.97 Å². The van der Waals surface area contributed by atoms with Crippen LogP contribution in [-0.4, -0.2) is 9.97 Å². The van der Waals surface area contributed by atoms with E-state index >= 15 is 0 Å². The maximum atomic E-state index is 12.5. The molecule has 0 bridgehead atoms. The van der Waals surface area contributed by atoms with Gasteiger partial charge in [0, 0.05) is 9.64 Å². The second kappa shape index (κ2) is 5.19. The molecule has 0 unspecified atom stereocenters. The Morgan fingerprint density at radius 3 is 2.53 bits per heavy atom. The molecule has 0 atom stereocenters. The summed E-state index contributed by atoms with van der Waals surface area (Å²) >= 11 is 2.06. The summed E-state index contributed by atoms with van der Waals surface area (Å²) in [7, 11) is 0. The Hall–Kier alpha value is -1.58. The lowest BCUT2D eigenvalue weighted by atomic mass is 10.3. The largest absolute Gasteiger partial charge is 0.439 e. The highest BCUT2D eigenvalue weighted by atomic mass is 127. The third-order valence-electron chi connectivity index (χ3n) is 2.03. The minimum atomic E-state index is -4.60. The summed E-state index contributed by atoms with van der Waals surface area (Å²) in [5, 5.41) is 0. The number of nitrogens with zero attached hydrogens (tertiary/aromatic N) is 2. The fourth-order valence-corrected chi connectivity index (χ4v) is 1.81. The van der Waals surface area contributed by atoms with Crippen molar-refractivity contribution in [2.24, 2.45) is 0 Å². The highest BCUT2D eigenvalue weighted by molar-refractivity contribution is 14.1. The van der Waals surface area contributed by atoms with Crippen molar-refractivity contribution in [3.8, 4) is 11.6 Å². The Balaban J connectivity index is 2.33. The summed E-state index contributed by atoms with van der Waals surface area (Å²) in [6.07, 6.45) is -4.60. The summed E-state index contributed by atoms with van der Waals surface area (Å²) in [5.41, 5.74) is 4.10. The Kier molecular flexibility index (Phi) is 3.78. The molecule has 2 aromatic rings. The van der Waals surface area contributed by atoms with Gasteiger partial charge in [-0.2, -0.15) is 18.2 Å². The summed E-state index contributed by atoms with van der Waals surface area (Å²) < 4.78 is 43.8. The summed E-state index contributed by atoms with van der Waals surface area (Å²) in [6, 6.07) is 7.51. The normalized spacial score (nSPS) is 11.4. The van der Waals surface area contributed by atoms with E-state index in [1.165, 1.54) is 0 Å². The van der Waals surface area contributed by atoms with E-state index in [9.17, 15) is 13.2 Å². The first-order chi connectivity index (χ1) is 8.84. The molecular formula is C11H7F3IN3O. The zero-order valence-electron chi connectivity index (χ0n) is 9.28. The van der Waals surface area contributed by atoms with Crippen LogP contribution in [0.15, 0.2) is 30.3 Å². The number of hydrogen-bond acceptors (Lipinski definition) is 4. The van der Waals surface area contributed by atoms with Crippen LogP contribution in [0.5, 0.6) is 11.6 Å². The van der Waals surface area contributed by atoms with Crippen molar-refractivity contribution < 1.29 is 17.9 Å². The molecule has 0 spiro atoms. The number of hydrogen-bond donors (Lipinski definition) is 1. The molecule has 0 fully saturated rings. The fourth-order valence-electron chi connectivity index (χ4n) is 1.29. The maximum Gasteiger partial charge on any atom is 0.433 e. The standard InChI is InChI=1S/C11H7F3IN3O/c12-11(13,14)8-5-9(18-10(16)17-8)19-7-3-1-2-6(15)4-7/h1-5H,(H2,16,17,18). The molecule has 0 aliphatic heterocycles. The quantitative estimate of drug-likeness (QED) is 0.810. The van der Waals surface area contributed by atoms with Crippen LogP contribution < -0.4 is 10.5 Å². The number of nitrogen functional groups attached to an aromatic ring is 1. The smallest absolute Gasteiger partial charge is 0.433 e. The highest BCUT2D eigenvalue weighted by Crippen LogP contribution is 2.31. The van der Waals surface area contributed by atoms with E-state index in [0.29, 0.717) is 11.8 Å². The lowest BCUT2D eigenvalue weighted by Crippen LogP contribution is -2.11. The molecule has 8 heteroatoms. The van der Waals surface area contributed by atoms with Crippen LogP contribution in [0.1, 0.15) is 5.69 Å². The van der Waals surface area contributed by atoms with E-state index in [0.717, 1.165) is 3.57 Å². The predicted molar refractivity (Wildman–Crippen MR) is 70.7 cm³/mol. The third kappa shape index (κ3) is 3.69. The zero-order chi connectivity index (χ0) is 14.0. The average molecular weight is 381 g/mol. The van der Waals surface area contributed by atoms with Crippen LogP contribution in [0.4, 0.5) is 19.1 Å². The minimum absolute atomic E-state index is 0.248. The highest BCUT2D eigenvalue weighted by Gasteiger charge is 2.33. The van der Waals surface area contributed by atoms with Crippen LogP contribution in [0.3, 0.4) is 0 Å². The van der Waals surface area contributed by atoms with Crippen LogP contribution in [0.2, 0.25) is 0 Å². The van der Waals surface area contributed by atoms with Gasteiger partial charge >= 0.3 is 6.18 Å². The first kappa shape index (κ1) is 13.8. The van der Waals surface area contributed by atoms with E-state index in [2.05, 4.69) is 32.6 Å². The van der Waals surface area contributed by atoms with E-state index in [-0.39, 0.29) is 5.88 Å². The number of nitrogens with two attached hydrogens (primary N) is 1. The second-order valence-electron chi connectivity index (χ2n) is 3.51. The lowest BCUT2D eigenvalue weighted by molar-refractivity contribution is -0.141. The molecule has 1 heterocycles. The van der Waals surface area contributed by atoms with Crippen LogP contribution in [0.25, 0.3) is 0 Å². The van der Waals surface area contributed by atoms with Gasteiger partial charge in [0.15, 0.2) is 5.69 Å². The number of benzene rings is 1. The number of alkyl halides is 3. The number of ether oxygens (including phenoxy) is 1. The fraction of sp³-hybridized carbons (Fsp3) is 0.0909. The summed E-state index contributed by atoms with van der Waals surface area (Å²) in [5.74, 6) is -0.365. The number of halogens is 4. The van der Waals surface area contributed by atoms with Crippen molar-refractivity contribution in [3.05, 3.63) is 39.6 Å². The van der Waals surface area contributed by atoms with Gasteiger partial charge in [-0.05, 0) is 40.8 Å². The average Bonchev–Trinajstić information content (AvgIpc) is 2.26. The molecule has 2 N–H and O–H groups in total. The molecule has 19 heavy (non-hydrogen) atoms. The Labute approximate surface area is 120 Å². The number of anilines is 1. The van der Waals surface area contributed by atoms with E-state index in [1.54, 1.807) is 18.2 Å². The molecule has 0 aliphatic carbocycles. The Bertz CT molecular complexity index is 604. The molecule has 100 valence electrons. The molecule has 4 nitrogen and oxygen atoms in total. The Morgan fingerprint density at radius 1 is 1.16 bits per heavy atom. The molecule has 0 amide bonds. The lowest BCUT2D eigenvalue weighted by Gasteiger charge is -2.09. The monoisotopic (exact) mass is 381 g/mol. The molecular weight excluding hydrogens is 374 g/mol. The Morgan fingerprint density at radius 2 is 1.89 bits per heavy atom. The predicted octanol–water partition coefficient (Wildman–Crippen LogP) is 3.47. The molecule has 0 aliphatic rings. The van der Waals surface area contributed by atoms with Gasteiger partial charge in [0.05, 0.1) is 0 Å². The molecule has 0 saturated carbocycles. The van der Waals surface area contributed by atoms with E-state index in [4.69, 9.17) is 10.5 Å². The van der Waals surface area contributed by atoms with Gasteiger partial charge in [0.25, 0.3) is 0 Å². The van der Waals surface area contributed by atoms with Gasteiger partial charge < -0.3 is 10.5 Å². The van der Waals surface area contributed by atoms with Crippen molar-refractivity contribution in [2.75, 3.05) is 5.73 Å². The first-order valence-corrected chi connectivity index (χ1v) is 6.07. The van der Waals surface area contributed by atoms with Crippen molar-refractivity contribution in [1.29, 1.82) is 0 Å². The molecule has 1 aromatic heterocycles. The van der Waals surface area contributed by atoms with Gasteiger partial charge in [0.2, 0.25) is 11.8 Å². The minimum Gasteiger partial charge on any atom is -0.439 e. The van der Waals surface area contributed by atoms with E-state index < -0.39 is 17.8 Å². The summed E-state index contributed by atoms with van der Waals surface area (Å²) in [4.78, 5) is 6.74. The third-order valence-corrected chi connectivity index (χ3v) is 2.70. The van der Waals surface area contributed by atoms with Gasteiger partial charge in [-0.3, -0.25) is 0 Å². The van der Waals surface area contributed by atoms with Crippen LogP contribution in [-0.2, 0) is 6.18 Å². The maximum absolute atomic E-state index is 12.5. The molecule has 0 saturated heterocycles. The van der Waals surface area contributed by atoms with Gasteiger partial charge in [0.1, 0.15) is 5.75 Å². The van der Waals surface area contributed by atoms with E-state index in [1.807, 2.05) is 6.07 Å². The van der Waals surface area contributed by atoms with Crippen molar-refractivity contribution in [3.63, 3.8) is 0 Å². The molecule has 1 aromatic carbocycles. The van der Waals surface area contributed by atoms with Crippen LogP contribution >= 0.6 is 22.6 Å². The van der Waals surface area contributed by atoms with Gasteiger partial charge in [-0.25, -0.2) is 4.98 Å². The SMILES string of the molecule is Nc1nc(Oc2cccc(I)c2)cc(C(F)(F)F)n1. The van der Waals surface area contributed by atoms with Gasteiger partial charge in [-0.15, -0.1) is 0 Å². The number of rotatable bonds is 2. The topological polar surface area (TPSA) is 61.0 Å². The summed E-state index contributed by atoms with van der Waals surface area (Å²) in [6.45, 7) is 0. The zero-order valence-corrected chi connectivity index (χ0v) is 11.4. The first-order valence-electron chi connectivity index (χ1n) is 5.00. The van der Waals surface area contributed by atoms with Crippen molar-refractivity contribution in [2.45, 2.75) is 6.18 Å². The molecule has 0 radical (unpaired) electrons.